The lowest BCUT2D eigenvalue weighted by atomic mass is 10.1. The molecule has 1 unspecified atom stereocenters. The van der Waals surface area contributed by atoms with Crippen molar-refractivity contribution in [3.05, 3.63) is 36.1 Å². The Morgan fingerprint density at radius 1 is 1.44 bits per heavy atom. The Labute approximate surface area is 95.6 Å². The summed E-state index contributed by atoms with van der Waals surface area (Å²) in [7, 11) is 0. The van der Waals surface area contributed by atoms with Crippen LogP contribution in [0.15, 0.2) is 34.9 Å². The average Bonchev–Trinajstić information content (AvgIpc) is 2.75. The first-order valence-corrected chi connectivity index (χ1v) is 5.52. The molecule has 0 aliphatic rings. The fourth-order valence-corrected chi connectivity index (χ4v) is 1.77. The second kappa shape index (κ2) is 4.87. The summed E-state index contributed by atoms with van der Waals surface area (Å²) in [6, 6.07) is 7.87. The molecule has 0 spiro atoms. The van der Waals surface area contributed by atoms with Crippen LogP contribution in [0.3, 0.4) is 0 Å². The first-order chi connectivity index (χ1) is 7.86. The summed E-state index contributed by atoms with van der Waals surface area (Å²) in [6.45, 7) is 3.03. The number of hydrogen-bond donors (Lipinski definition) is 1. The van der Waals surface area contributed by atoms with E-state index in [0.717, 1.165) is 29.5 Å². The Hall–Kier alpha value is -1.72. The lowest BCUT2D eigenvalue weighted by Crippen LogP contribution is -2.20. The summed E-state index contributed by atoms with van der Waals surface area (Å²) in [5, 5.41) is 4.41. The monoisotopic (exact) mass is 213 g/mol. The van der Waals surface area contributed by atoms with E-state index in [1.54, 1.807) is 6.26 Å². The smallest absolute Gasteiger partial charge is 0.134 e. The number of fused-ring (bicyclic) bond motifs is 1. The molecule has 0 aliphatic carbocycles. The summed E-state index contributed by atoms with van der Waals surface area (Å²) in [4.78, 5) is 0. The summed E-state index contributed by atoms with van der Waals surface area (Å²) in [5.74, 6) is 2.76. The van der Waals surface area contributed by atoms with Gasteiger partial charge < -0.3 is 4.42 Å². The largest absolute Gasteiger partial charge is 0.464 e. The first kappa shape index (κ1) is 10.8. The van der Waals surface area contributed by atoms with Crippen LogP contribution in [0.4, 0.5) is 0 Å². The topological polar surface area (TPSA) is 25.2 Å². The molecule has 0 saturated heterocycles. The number of rotatable bonds is 4. The molecule has 0 amide bonds. The van der Waals surface area contributed by atoms with E-state index in [4.69, 9.17) is 10.8 Å². The van der Waals surface area contributed by atoms with Crippen LogP contribution in [0, 0.1) is 12.3 Å². The molecule has 2 rings (SSSR count). The van der Waals surface area contributed by atoms with Gasteiger partial charge in [-0.05, 0) is 19.0 Å². The Balaban J connectivity index is 2.34. The van der Waals surface area contributed by atoms with Crippen molar-refractivity contribution in [2.75, 3.05) is 6.54 Å². The van der Waals surface area contributed by atoms with Crippen LogP contribution in [0.1, 0.15) is 24.9 Å². The van der Waals surface area contributed by atoms with Gasteiger partial charge in [-0.1, -0.05) is 31.0 Å². The number of para-hydroxylation sites is 1. The fourth-order valence-electron chi connectivity index (χ4n) is 1.77. The molecule has 0 fully saturated rings. The van der Waals surface area contributed by atoms with Crippen LogP contribution in [-0.2, 0) is 0 Å². The molecular weight excluding hydrogens is 198 g/mol. The highest BCUT2D eigenvalue weighted by atomic mass is 16.3. The Morgan fingerprint density at radius 3 is 3.00 bits per heavy atom. The minimum atomic E-state index is -0.0661. The molecule has 1 N–H and O–H groups in total. The summed E-state index contributed by atoms with van der Waals surface area (Å²) < 4.78 is 5.48. The third-order valence-corrected chi connectivity index (χ3v) is 2.59. The van der Waals surface area contributed by atoms with Gasteiger partial charge in [-0.25, -0.2) is 0 Å². The van der Waals surface area contributed by atoms with Gasteiger partial charge in [-0.3, -0.25) is 5.32 Å². The molecule has 0 saturated carbocycles. The van der Waals surface area contributed by atoms with Crippen molar-refractivity contribution in [3.8, 4) is 12.3 Å². The van der Waals surface area contributed by atoms with Crippen molar-refractivity contribution in [3.63, 3.8) is 0 Å². The molecule has 1 heterocycles. The zero-order valence-electron chi connectivity index (χ0n) is 9.36. The van der Waals surface area contributed by atoms with Gasteiger partial charge >= 0.3 is 0 Å². The number of terminal acetylenes is 1. The molecule has 16 heavy (non-hydrogen) atoms. The van der Waals surface area contributed by atoms with E-state index in [0.29, 0.717) is 0 Å². The van der Waals surface area contributed by atoms with Gasteiger partial charge in [0.15, 0.2) is 0 Å². The molecule has 82 valence electrons. The maximum absolute atomic E-state index is 5.54. The number of furan rings is 1. The van der Waals surface area contributed by atoms with E-state index in [1.165, 1.54) is 0 Å². The summed E-state index contributed by atoms with van der Waals surface area (Å²) >= 11 is 0. The molecule has 1 aromatic heterocycles. The number of benzene rings is 1. The fraction of sp³-hybridized carbons (Fsp3) is 0.286. The number of nitrogens with one attached hydrogen (secondary N) is 1. The highest BCUT2D eigenvalue weighted by molar-refractivity contribution is 5.81. The maximum atomic E-state index is 5.54. The standard InChI is InChI=1S/C14H15NO/c1-3-9-15-13(4-2)12-10-16-14-8-6-5-7-11(12)14/h2,5-8,10,13,15H,3,9H2,1H3. The first-order valence-electron chi connectivity index (χ1n) is 5.52. The molecule has 1 aromatic carbocycles. The van der Waals surface area contributed by atoms with Crippen LogP contribution in [0.2, 0.25) is 0 Å². The van der Waals surface area contributed by atoms with E-state index < -0.39 is 0 Å². The van der Waals surface area contributed by atoms with Gasteiger partial charge in [0.1, 0.15) is 5.58 Å². The Kier molecular flexibility index (Phi) is 3.28. The van der Waals surface area contributed by atoms with Crippen LogP contribution in [0.5, 0.6) is 0 Å². The van der Waals surface area contributed by atoms with Crippen LogP contribution < -0.4 is 5.32 Å². The van der Waals surface area contributed by atoms with Crippen LogP contribution >= 0.6 is 0 Å². The van der Waals surface area contributed by atoms with E-state index in [1.807, 2.05) is 24.3 Å². The molecule has 0 radical (unpaired) electrons. The van der Waals surface area contributed by atoms with Gasteiger partial charge in [0.05, 0.1) is 12.3 Å². The van der Waals surface area contributed by atoms with E-state index in [-0.39, 0.29) is 6.04 Å². The minimum absolute atomic E-state index is 0.0661. The predicted octanol–water partition coefficient (Wildman–Crippen LogP) is 3.11. The molecular formula is C14H15NO. The quantitative estimate of drug-likeness (QED) is 0.789. The molecule has 0 aliphatic heterocycles. The predicted molar refractivity (Wildman–Crippen MR) is 66.1 cm³/mol. The van der Waals surface area contributed by atoms with Crippen LogP contribution in [0.25, 0.3) is 11.0 Å². The van der Waals surface area contributed by atoms with E-state index in [2.05, 4.69) is 18.2 Å². The zero-order valence-corrected chi connectivity index (χ0v) is 9.36. The molecule has 2 aromatic rings. The zero-order chi connectivity index (χ0) is 11.4. The van der Waals surface area contributed by atoms with E-state index >= 15 is 0 Å². The molecule has 2 heteroatoms. The van der Waals surface area contributed by atoms with Crippen molar-refractivity contribution in [1.82, 2.24) is 5.32 Å². The van der Waals surface area contributed by atoms with E-state index in [9.17, 15) is 0 Å². The second-order valence-electron chi connectivity index (χ2n) is 3.74. The average molecular weight is 213 g/mol. The normalized spacial score (nSPS) is 12.5. The molecule has 0 bridgehead atoms. The molecule has 1 atom stereocenters. The number of hydrogen-bond acceptors (Lipinski definition) is 2. The summed E-state index contributed by atoms with van der Waals surface area (Å²) in [5.41, 5.74) is 1.93. The lowest BCUT2D eigenvalue weighted by Gasteiger charge is -2.10. The Bertz CT molecular complexity index is 507. The van der Waals surface area contributed by atoms with Crippen molar-refractivity contribution < 1.29 is 4.42 Å². The van der Waals surface area contributed by atoms with Crippen molar-refractivity contribution >= 4 is 11.0 Å². The highest BCUT2D eigenvalue weighted by Crippen LogP contribution is 2.25. The van der Waals surface area contributed by atoms with Gasteiger partial charge in [-0.2, -0.15) is 0 Å². The third kappa shape index (κ3) is 1.95. The highest BCUT2D eigenvalue weighted by Gasteiger charge is 2.13. The minimum Gasteiger partial charge on any atom is -0.464 e. The van der Waals surface area contributed by atoms with Gasteiger partial charge in [0, 0.05) is 10.9 Å². The van der Waals surface area contributed by atoms with Gasteiger partial charge in [0.25, 0.3) is 0 Å². The molecule has 2 nitrogen and oxygen atoms in total. The van der Waals surface area contributed by atoms with Crippen molar-refractivity contribution in [2.45, 2.75) is 19.4 Å². The Morgan fingerprint density at radius 2 is 2.25 bits per heavy atom. The summed E-state index contributed by atoms with van der Waals surface area (Å²) in [6.07, 6.45) is 8.35. The van der Waals surface area contributed by atoms with Crippen molar-refractivity contribution in [1.29, 1.82) is 0 Å². The lowest BCUT2D eigenvalue weighted by molar-refractivity contribution is 0.586. The van der Waals surface area contributed by atoms with Gasteiger partial charge in [0.2, 0.25) is 0 Å². The van der Waals surface area contributed by atoms with Crippen LogP contribution in [-0.4, -0.2) is 6.54 Å². The van der Waals surface area contributed by atoms with Gasteiger partial charge in [-0.15, -0.1) is 6.42 Å². The van der Waals surface area contributed by atoms with Crippen molar-refractivity contribution in [2.24, 2.45) is 0 Å². The third-order valence-electron chi connectivity index (χ3n) is 2.59. The second-order valence-corrected chi connectivity index (χ2v) is 3.74. The SMILES string of the molecule is C#CC(NCCC)c1coc2ccccc12. The maximum Gasteiger partial charge on any atom is 0.134 e.